The fourth-order valence-electron chi connectivity index (χ4n) is 2.41. The molecule has 0 saturated heterocycles. The van der Waals surface area contributed by atoms with E-state index in [1.165, 1.54) is 5.56 Å². The Morgan fingerprint density at radius 3 is 2.62 bits per heavy atom. The number of nitrogens with two attached hydrogens (primary N) is 1. The molecule has 0 unspecified atom stereocenters. The predicted molar refractivity (Wildman–Crippen MR) is 77.0 cm³/mol. The van der Waals surface area contributed by atoms with Crippen LogP contribution in [0.3, 0.4) is 0 Å². The summed E-state index contributed by atoms with van der Waals surface area (Å²) in [4.78, 5) is 11.6. The van der Waals surface area contributed by atoms with Crippen molar-refractivity contribution in [3.8, 4) is 11.4 Å². The predicted octanol–water partition coefficient (Wildman–Crippen LogP) is 1.75. The van der Waals surface area contributed by atoms with Crippen LogP contribution in [0.4, 0.5) is 0 Å². The van der Waals surface area contributed by atoms with Crippen molar-refractivity contribution in [2.24, 2.45) is 5.73 Å². The fourth-order valence-corrected chi connectivity index (χ4v) is 2.41. The Bertz CT molecular complexity index is 754. The summed E-state index contributed by atoms with van der Waals surface area (Å²) in [6, 6.07) is 11.9. The average molecular weight is 282 g/mol. The van der Waals surface area contributed by atoms with Crippen LogP contribution in [-0.2, 0) is 17.9 Å². The van der Waals surface area contributed by atoms with Gasteiger partial charge in [-0.3, -0.25) is 0 Å². The summed E-state index contributed by atoms with van der Waals surface area (Å²) in [5.41, 5.74) is 10.3. The molecule has 0 amide bonds. The number of rotatable bonds is 3. The molecule has 2 heterocycles. The van der Waals surface area contributed by atoms with Gasteiger partial charge < -0.3 is 10.6 Å². The number of hydrogen-bond acceptors (Lipinski definition) is 5. The lowest BCUT2D eigenvalue weighted by Gasteiger charge is -2.01. The number of aromatic nitrogens is 3. The Hall–Kier alpha value is -2.44. The summed E-state index contributed by atoms with van der Waals surface area (Å²) in [5.74, 6) is 0.716. The zero-order chi connectivity index (χ0) is 14.2. The van der Waals surface area contributed by atoms with Gasteiger partial charge >= 0.3 is 0 Å². The van der Waals surface area contributed by atoms with Gasteiger partial charge in [0, 0.05) is 11.6 Å². The molecular weight excluding hydrogens is 268 g/mol. The first-order chi connectivity index (χ1) is 10.3. The van der Waals surface area contributed by atoms with Crippen molar-refractivity contribution in [3.63, 3.8) is 0 Å². The molecule has 4 rings (SSSR count). The number of hydrogen-bond donors (Lipinski definition) is 1. The second-order valence-electron chi connectivity index (χ2n) is 4.99. The second kappa shape index (κ2) is 4.83. The van der Waals surface area contributed by atoms with Crippen molar-refractivity contribution in [1.82, 2.24) is 15.0 Å². The van der Waals surface area contributed by atoms with Gasteiger partial charge in [-0.15, -0.1) is 10.2 Å². The molecule has 3 aromatic rings. The van der Waals surface area contributed by atoms with Gasteiger partial charge in [-0.1, -0.05) is 12.1 Å². The van der Waals surface area contributed by atoms with E-state index in [-0.39, 0.29) is 0 Å². The van der Waals surface area contributed by atoms with Crippen molar-refractivity contribution < 1.29 is 9.78 Å². The van der Waals surface area contributed by atoms with E-state index in [1.54, 1.807) is 4.80 Å². The maximum atomic E-state index is 5.56. The van der Waals surface area contributed by atoms with E-state index >= 15 is 0 Å². The van der Waals surface area contributed by atoms with E-state index in [9.17, 15) is 0 Å². The maximum absolute atomic E-state index is 5.56. The molecule has 21 heavy (non-hydrogen) atoms. The van der Waals surface area contributed by atoms with Gasteiger partial charge in [0.15, 0.2) is 5.75 Å². The lowest BCUT2D eigenvalue weighted by atomic mass is 10.1. The van der Waals surface area contributed by atoms with Gasteiger partial charge in [0.05, 0.1) is 5.69 Å². The molecule has 106 valence electrons. The Kier molecular flexibility index (Phi) is 2.83. The first kappa shape index (κ1) is 12.3. The van der Waals surface area contributed by atoms with Crippen molar-refractivity contribution in [2.45, 2.75) is 13.0 Å². The summed E-state index contributed by atoms with van der Waals surface area (Å²) >= 11 is 0. The van der Waals surface area contributed by atoms with Gasteiger partial charge in [-0.05, 0) is 36.7 Å². The SMILES string of the molecule is NCCc1ccc(-n2nc3cc4c(cc3n2)OOC4)cc1. The Labute approximate surface area is 121 Å². The third-order valence-corrected chi connectivity index (χ3v) is 3.53. The first-order valence-electron chi connectivity index (χ1n) is 6.82. The van der Waals surface area contributed by atoms with Crippen molar-refractivity contribution in [1.29, 1.82) is 0 Å². The summed E-state index contributed by atoms with van der Waals surface area (Å²) < 4.78 is 0. The molecule has 0 fully saturated rings. The zero-order valence-electron chi connectivity index (χ0n) is 11.3. The summed E-state index contributed by atoms with van der Waals surface area (Å²) in [5, 5.41) is 8.99. The standard InChI is InChI=1S/C15H14N4O2/c16-6-5-10-1-3-12(4-2-10)19-17-13-7-11-9-20-21-15(11)8-14(13)18-19/h1-4,7-8H,5-6,9,16H2. The largest absolute Gasteiger partial charge is 0.337 e. The molecule has 0 bridgehead atoms. The Morgan fingerprint density at radius 2 is 1.86 bits per heavy atom. The third kappa shape index (κ3) is 2.14. The lowest BCUT2D eigenvalue weighted by Crippen LogP contribution is -2.03. The number of fused-ring (bicyclic) bond motifs is 2. The van der Waals surface area contributed by atoms with Crippen LogP contribution in [-0.4, -0.2) is 21.5 Å². The van der Waals surface area contributed by atoms with Crippen LogP contribution in [0.25, 0.3) is 16.7 Å². The zero-order valence-corrected chi connectivity index (χ0v) is 11.3. The van der Waals surface area contributed by atoms with Crippen LogP contribution in [0.2, 0.25) is 0 Å². The molecule has 0 atom stereocenters. The average Bonchev–Trinajstić information content (AvgIpc) is 3.11. The van der Waals surface area contributed by atoms with Crippen LogP contribution in [0.1, 0.15) is 11.1 Å². The number of benzene rings is 2. The van der Waals surface area contributed by atoms with E-state index in [0.717, 1.165) is 28.7 Å². The van der Waals surface area contributed by atoms with E-state index in [2.05, 4.69) is 10.2 Å². The van der Waals surface area contributed by atoms with E-state index in [1.807, 2.05) is 36.4 Å². The van der Waals surface area contributed by atoms with Crippen molar-refractivity contribution in [2.75, 3.05) is 6.54 Å². The number of nitrogens with zero attached hydrogens (tertiary/aromatic N) is 3. The highest BCUT2D eigenvalue weighted by atomic mass is 17.2. The van der Waals surface area contributed by atoms with Crippen LogP contribution in [0.15, 0.2) is 36.4 Å². The molecule has 0 radical (unpaired) electrons. The van der Waals surface area contributed by atoms with Crippen molar-refractivity contribution in [3.05, 3.63) is 47.5 Å². The minimum absolute atomic E-state index is 0.450. The van der Waals surface area contributed by atoms with Crippen LogP contribution < -0.4 is 10.6 Å². The van der Waals surface area contributed by atoms with E-state index in [4.69, 9.17) is 15.5 Å². The normalized spacial score (nSPS) is 13.4. The Morgan fingerprint density at radius 1 is 1.10 bits per heavy atom. The molecule has 0 aliphatic carbocycles. The smallest absolute Gasteiger partial charge is 0.173 e. The van der Waals surface area contributed by atoms with Crippen LogP contribution in [0.5, 0.6) is 5.75 Å². The quantitative estimate of drug-likeness (QED) is 0.741. The highest BCUT2D eigenvalue weighted by molar-refractivity contribution is 5.77. The maximum Gasteiger partial charge on any atom is 0.173 e. The molecular formula is C15H14N4O2. The monoisotopic (exact) mass is 282 g/mol. The molecule has 6 heteroatoms. The van der Waals surface area contributed by atoms with Gasteiger partial charge in [-0.2, -0.15) is 9.68 Å². The first-order valence-corrected chi connectivity index (χ1v) is 6.82. The fraction of sp³-hybridized carbons (Fsp3) is 0.200. The molecule has 1 aromatic heterocycles. The molecule has 1 aliphatic rings. The highest BCUT2D eigenvalue weighted by Crippen LogP contribution is 2.29. The highest BCUT2D eigenvalue weighted by Gasteiger charge is 2.17. The summed E-state index contributed by atoms with van der Waals surface area (Å²) in [6.07, 6.45) is 0.874. The third-order valence-electron chi connectivity index (χ3n) is 3.53. The van der Waals surface area contributed by atoms with Gasteiger partial charge in [0.25, 0.3) is 0 Å². The minimum atomic E-state index is 0.450. The minimum Gasteiger partial charge on any atom is -0.337 e. The molecule has 1 aliphatic heterocycles. The van der Waals surface area contributed by atoms with E-state index < -0.39 is 0 Å². The van der Waals surface area contributed by atoms with Gasteiger partial charge in [0.1, 0.15) is 17.6 Å². The van der Waals surface area contributed by atoms with Crippen LogP contribution in [0, 0.1) is 0 Å². The summed E-state index contributed by atoms with van der Waals surface area (Å²) in [7, 11) is 0. The molecule has 0 saturated carbocycles. The molecule has 2 N–H and O–H groups in total. The van der Waals surface area contributed by atoms with Gasteiger partial charge in [0.2, 0.25) is 0 Å². The van der Waals surface area contributed by atoms with Crippen molar-refractivity contribution >= 4 is 11.0 Å². The lowest BCUT2D eigenvalue weighted by molar-refractivity contribution is -0.194. The van der Waals surface area contributed by atoms with E-state index in [0.29, 0.717) is 18.9 Å². The topological polar surface area (TPSA) is 75.2 Å². The molecule has 6 nitrogen and oxygen atoms in total. The Balaban J connectivity index is 1.73. The summed E-state index contributed by atoms with van der Waals surface area (Å²) in [6.45, 7) is 1.10. The van der Waals surface area contributed by atoms with Crippen LogP contribution >= 0.6 is 0 Å². The van der Waals surface area contributed by atoms with Gasteiger partial charge in [-0.25, -0.2) is 0 Å². The molecule has 0 spiro atoms. The molecule has 2 aromatic carbocycles. The second-order valence-corrected chi connectivity index (χ2v) is 4.99.